The van der Waals surface area contributed by atoms with Gasteiger partial charge in [0.25, 0.3) is 0 Å². The molecular formula is C11H24N2O. The maximum atomic E-state index is 5.59. The van der Waals surface area contributed by atoms with E-state index in [-0.39, 0.29) is 0 Å². The Hall–Kier alpha value is -0.120. The third-order valence-electron chi connectivity index (χ3n) is 3.16. The predicted molar refractivity (Wildman–Crippen MR) is 59.4 cm³/mol. The molecule has 1 aliphatic rings. The summed E-state index contributed by atoms with van der Waals surface area (Å²) < 4.78 is 5.59. The Morgan fingerprint density at radius 2 is 2.36 bits per heavy atom. The molecule has 0 spiro atoms. The van der Waals surface area contributed by atoms with Crippen LogP contribution in [0.15, 0.2) is 0 Å². The summed E-state index contributed by atoms with van der Waals surface area (Å²) >= 11 is 0. The highest BCUT2D eigenvalue weighted by atomic mass is 16.5. The lowest BCUT2D eigenvalue weighted by Gasteiger charge is -2.25. The predicted octanol–water partition coefficient (Wildman–Crippen LogP) is 1.22. The first-order valence-electron chi connectivity index (χ1n) is 5.76. The summed E-state index contributed by atoms with van der Waals surface area (Å²) in [6.07, 6.45) is 5.27. The summed E-state index contributed by atoms with van der Waals surface area (Å²) in [4.78, 5) is 2.38. The second-order valence-electron chi connectivity index (χ2n) is 4.33. The van der Waals surface area contributed by atoms with E-state index in [2.05, 4.69) is 18.9 Å². The first-order chi connectivity index (χ1) is 6.74. The number of nitrogens with two attached hydrogens (primary N) is 1. The van der Waals surface area contributed by atoms with Gasteiger partial charge in [0, 0.05) is 19.2 Å². The van der Waals surface area contributed by atoms with Crippen molar-refractivity contribution in [3.8, 4) is 0 Å². The van der Waals surface area contributed by atoms with Gasteiger partial charge in [0.05, 0.1) is 6.10 Å². The minimum Gasteiger partial charge on any atom is -0.378 e. The summed E-state index contributed by atoms with van der Waals surface area (Å²) in [6.45, 7) is 5.12. The van der Waals surface area contributed by atoms with E-state index in [9.17, 15) is 0 Å². The van der Waals surface area contributed by atoms with Gasteiger partial charge in [-0.2, -0.15) is 0 Å². The lowest BCUT2D eigenvalue weighted by atomic mass is 10.1. The van der Waals surface area contributed by atoms with Gasteiger partial charge in [-0.3, -0.25) is 0 Å². The van der Waals surface area contributed by atoms with E-state index in [1.54, 1.807) is 0 Å². The Labute approximate surface area is 87.6 Å². The van der Waals surface area contributed by atoms with Crippen molar-refractivity contribution in [3.63, 3.8) is 0 Å². The van der Waals surface area contributed by atoms with E-state index in [0.717, 1.165) is 26.1 Å². The maximum absolute atomic E-state index is 5.59. The van der Waals surface area contributed by atoms with Crippen molar-refractivity contribution in [1.29, 1.82) is 0 Å². The average molecular weight is 200 g/mol. The fourth-order valence-corrected chi connectivity index (χ4v) is 1.90. The third kappa shape index (κ3) is 3.95. The quantitative estimate of drug-likeness (QED) is 0.701. The van der Waals surface area contributed by atoms with Crippen LogP contribution in [0, 0.1) is 0 Å². The van der Waals surface area contributed by atoms with Gasteiger partial charge in [0.1, 0.15) is 0 Å². The molecule has 3 nitrogen and oxygen atoms in total. The summed E-state index contributed by atoms with van der Waals surface area (Å²) in [5.41, 5.74) is 5.53. The van der Waals surface area contributed by atoms with Gasteiger partial charge in [-0.25, -0.2) is 0 Å². The van der Waals surface area contributed by atoms with Crippen LogP contribution < -0.4 is 5.73 Å². The topological polar surface area (TPSA) is 38.5 Å². The van der Waals surface area contributed by atoms with Crippen molar-refractivity contribution in [2.75, 3.05) is 26.7 Å². The van der Waals surface area contributed by atoms with Crippen molar-refractivity contribution in [3.05, 3.63) is 0 Å². The normalized spacial score (nSPS) is 24.4. The molecule has 1 aliphatic heterocycles. The Bertz CT molecular complexity index is 146. The maximum Gasteiger partial charge on any atom is 0.0588 e. The van der Waals surface area contributed by atoms with Gasteiger partial charge < -0.3 is 15.4 Å². The number of rotatable bonds is 6. The molecule has 1 rings (SSSR count). The van der Waals surface area contributed by atoms with Gasteiger partial charge in [-0.1, -0.05) is 0 Å². The van der Waals surface area contributed by atoms with Crippen LogP contribution >= 0.6 is 0 Å². The van der Waals surface area contributed by atoms with E-state index in [1.165, 1.54) is 19.3 Å². The molecule has 3 heteroatoms. The molecule has 14 heavy (non-hydrogen) atoms. The average Bonchev–Trinajstić information content (AvgIpc) is 2.67. The molecule has 0 amide bonds. The first kappa shape index (κ1) is 12.0. The van der Waals surface area contributed by atoms with Crippen LogP contribution in [0.2, 0.25) is 0 Å². The van der Waals surface area contributed by atoms with E-state index >= 15 is 0 Å². The fraction of sp³-hybridized carbons (Fsp3) is 1.00. The van der Waals surface area contributed by atoms with Crippen LogP contribution in [0.4, 0.5) is 0 Å². The highest BCUT2D eigenvalue weighted by molar-refractivity contribution is 4.69. The Kier molecular flexibility index (Phi) is 5.45. The molecule has 1 saturated heterocycles. The highest BCUT2D eigenvalue weighted by Crippen LogP contribution is 2.16. The summed E-state index contributed by atoms with van der Waals surface area (Å²) in [6, 6.07) is 0.599. The Morgan fingerprint density at radius 1 is 1.57 bits per heavy atom. The molecule has 0 bridgehead atoms. The lowest BCUT2D eigenvalue weighted by Crippen LogP contribution is -2.33. The van der Waals surface area contributed by atoms with Crippen LogP contribution in [0.25, 0.3) is 0 Å². The number of nitrogens with zero attached hydrogens (tertiary/aromatic N) is 1. The van der Waals surface area contributed by atoms with Gasteiger partial charge in [-0.15, -0.1) is 0 Å². The van der Waals surface area contributed by atoms with Crippen molar-refractivity contribution in [2.24, 2.45) is 5.73 Å². The Morgan fingerprint density at radius 3 is 2.93 bits per heavy atom. The molecule has 2 atom stereocenters. The van der Waals surface area contributed by atoms with E-state index < -0.39 is 0 Å². The van der Waals surface area contributed by atoms with Crippen molar-refractivity contribution in [2.45, 2.75) is 44.8 Å². The molecule has 0 aliphatic carbocycles. The van der Waals surface area contributed by atoms with E-state index in [4.69, 9.17) is 10.5 Å². The highest BCUT2D eigenvalue weighted by Gasteiger charge is 2.16. The zero-order valence-corrected chi connectivity index (χ0v) is 9.54. The van der Waals surface area contributed by atoms with Gasteiger partial charge in [0.15, 0.2) is 0 Å². The summed E-state index contributed by atoms with van der Waals surface area (Å²) in [7, 11) is 2.18. The molecule has 1 heterocycles. The Balaban J connectivity index is 2.09. The SMILES string of the molecule is CC(CCN)N(C)CCC1CCCO1. The molecule has 0 aromatic rings. The van der Waals surface area contributed by atoms with Crippen LogP contribution in [0.1, 0.15) is 32.6 Å². The van der Waals surface area contributed by atoms with Crippen LogP contribution in [0.5, 0.6) is 0 Å². The van der Waals surface area contributed by atoms with Crippen LogP contribution in [-0.2, 0) is 4.74 Å². The molecule has 0 aromatic heterocycles. The van der Waals surface area contributed by atoms with Crippen molar-refractivity contribution in [1.82, 2.24) is 4.90 Å². The molecule has 84 valence electrons. The molecule has 0 aromatic carbocycles. The zero-order chi connectivity index (χ0) is 10.4. The standard InChI is InChI=1S/C11H24N2O/c1-10(5-7-12)13(2)8-6-11-4-3-9-14-11/h10-11H,3-9,12H2,1-2H3. The zero-order valence-electron chi connectivity index (χ0n) is 9.54. The minimum atomic E-state index is 0.516. The number of ether oxygens (including phenoxy) is 1. The van der Waals surface area contributed by atoms with Gasteiger partial charge in [-0.05, 0) is 46.2 Å². The van der Waals surface area contributed by atoms with Crippen molar-refractivity contribution >= 4 is 0 Å². The molecule has 1 fully saturated rings. The van der Waals surface area contributed by atoms with Crippen LogP contribution in [0.3, 0.4) is 0 Å². The largest absolute Gasteiger partial charge is 0.378 e. The second kappa shape index (κ2) is 6.38. The number of hydrogen-bond acceptors (Lipinski definition) is 3. The van der Waals surface area contributed by atoms with Crippen molar-refractivity contribution < 1.29 is 4.74 Å². The van der Waals surface area contributed by atoms with Gasteiger partial charge in [0.2, 0.25) is 0 Å². The monoisotopic (exact) mass is 200 g/mol. The lowest BCUT2D eigenvalue weighted by molar-refractivity contribution is 0.0903. The molecule has 0 radical (unpaired) electrons. The third-order valence-corrected chi connectivity index (χ3v) is 3.16. The first-order valence-corrected chi connectivity index (χ1v) is 5.76. The summed E-state index contributed by atoms with van der Waals surface area (Å²) in [5.74, 6) is 0. The minimum absolute atomic E-state index is 0.516. The molecular weight excluding hydrogens is 176 g/mol. The smallest absolute Gasteiger partial charge is 0.0588 e. The van der Waals surface area contributed by atoms with E-state index in [1.807, 2.05) is 0 Å². The fourth-order valence-electron chi connectivity index (χ4n) is 1.90. The molecule has 2 N–H and O–H groups in total. The van der Waals surface area contributed by atoms with Crippen LogP contribution in [-0.4, -0.2) is 43.8 Å². The molecule has 2 unspecified atom stereocenters. The van der Waals surface area contributed by atoms with E-state index in [0.29, 0.717) is 12.1 Å². The molecule has 0 saturated carbocycles. The second-order valence-corrected chi connectivity index (χ2v) is 4.33. The number of hydrogen-bond donors (Lipinski definition) is 1. The summed E-state index contributed by atoms with van der Waals surface area (Å²) in [5, 5.41) is 0. The van der Waals surface area contributed by atoms with Gasteiger partial charge >= 0.3 is 0 Å².